The average Bonchev–Trinajstić information content (AvgIpc) is 3.44. The molecule has 5 rings (SSSR count). The first-order valence-electron chi connectivity index (χ1n) is 8.52. The standard InChI is InChI=1S/C18H15N7OS/c19-25-16(14-5-2-10-26-14)23-24-18(25)27-17-12-3-1-4-13(12)21-15(22-17)11-6-8-20-9-7-11/h2,5-10H,1,3-4,19H2. The Labute approximate surface area is 158 Å². The number of hydrogen-bond donors (Lipinski definition) is 1. The van der Waals surface area contributed by atoms with E-state index in [9.17, 15) is 0 Å². The van der Waals surface area contributed by atoms with Crippen LogP contribution in [-0.4, -0.2) is 29.8 Å². The molecule has 8 nitrogen and oxygen atoms in total. The summed E-state index contributed by atoms with van der Waals surface area (Å²) >= 11 is 1.40. The van der Waals surface area contributed by atoms with Crippen molar-refractivity contribution in [1.29, 1.82) is 0 Å². The van der Waals surface area contributed by atoms with Crippen LogP contribution in [0, 0.1) is 0 Å². The summed E-state index contributed by atoms with van der Waals surface area (Å²) in [6.45, 7) is 0. The van der Waals surface area contributed by atoms with Crippen molar-refractivity contribution in [3.63, 3.8) is 0 Å². The van der Waals surface area contributed by atoms with Crippen LogP contribution in [0.15, 0.2) is 57.5 Å². The van der Waals surface area contributed by atoms with Crippen LogP contribution >= 0.6 is 11.8 Å². The smallest absolute Gasteiger partial charge is 0.218 e. The van der Waals surface area contributed by atoms with E-state index in [1.165, 1.54) is 22.0 Å². The first-order valence-corrected chi connectivity index (χ1v) is 9.33. The summed E-state index contributed by atoms with van der Waals surface area (Å²) < 4.78 is 6.80. The summed E-state index contributed by atoms with van der Waals surface area (Å²) in [5, 5.41) is 9.79. The van der Waals surface area contributed by atoms with Gasteiger partial charge in [0.25, 0.3) is 0 Å². The number of pyridine rings is 1. The molecule has 4 heterocycles. The molecule has 0 atom stereocenters. The Hall–Kier alpha value is -3.20. The molecule has 0 aromatic carbocycles. The molecule has 0 fully saturated rings. The lowest BCUT2D eigenvalue weighted by atomic mass is 10.2. The SMILES string of the molecule is Nn1c(Sc2nc(-c3ccncc3)nc3c2CCC3)nnc1-c1ccco1. The van der Waals surface area contributed by atoms with Crippen LogP contribution in [0.1, 0.15) is 17.7 Å². The normalized spacial score (nSPS) is 13.0. The summed E-state index contributed by atoms with van der Waals surface area (Å²) in [6.07, 6.45) is 8.05. The van der Waals surface area contributed by atoms with Gasteiger partial charge in [0.1, 0.15) is 5.03 Å². The van der Waals surface area contributed by atoms with Gasteiger partial charge in [0.2, 0.25) is 11.0 Å². The number of nitrogens with zero attached hydrogens (tertiary/aromatic N) is 6. The molecule has 0 spiro atoms. The molecule has 27 heavy (non-hydrogen) atoms. The minimum Gasteiger partial charge on any atom is -0.461 e. The van der Waals surface area contributed by atoms with E-state index in [1.54, 1.807) is 30.8 Å². The summed E-state index contributed by atoms with van der Waals surface area (Å²) in [6, 6.07) is 7.40. The van der Waals surface area contributed by atoms with Gasteiger partial charge in [0.05, 0.1) is 6.26 Å². The van der Waals surface area contributed by atoms with Crippen LogP contribution in [-0.2, 0) is 12.8 Å². The van der Waals surface area contributed by atoms with E-state index in [-0.39, 0.29) is 0 Å². The number of nitrogens with two attached hydrogens (primary N) is 1. The van der Waals surface area contributed by atoms with Gasteiger partial charge < -0.3 is 10.3 Å². The van der Waals surface area contributed by atoms with E-state index in [2.05, 4.69) is 15.2 Å². The van der Waals surface area contributed by atoms with Gasteiger partial charge >= 0.3 is 0 Å². The zero-order valence-corrected chi connectivity index (χ0v) is 15.1. The van der Waals surface area contributed by atoms with E-state index >= 15 is 0 Å². The molecule has 0 saturated heterocycles. The fourth-order valence-electron chi connectivity index (χ4n) is 3.12. The highest BCUT2D eigenvalue weighted by molar-refractivity contribution is 7.99. The maximum absolute atomic E-state index is 6.20. The number of aryl methyl sites for hydroxylation is 1. The summed E-state index contributed by atoms with van der Waals surface area (Å²) in [7, 11) is 0. The van der Waals surface area contributed by atoms with Crippen LogP contribution in [0.25, 0.3) is 23.0 Å². The van der Waals surface area contributed by atoms with E-state index in [0.29, 0.717) is 22.6 Å². The third-order valence-corrected chi connectivity index (χ3v) is 5.42. The molecule has 0 amide bonds. The van der Waals surface area contributed by atoms with Crippen LogP contribution in [0.2, 0.25) is 0 Å². The Kier molecular flexibility index (Phi) is 3.86. The number of furan rings is 1. The maximum Gasteiger partial charge on any atom is 0.218 e. The van der Waals surface area contributed by atoms with Gasteiger partial charge in [-0.2, -0.15) is 0 Å². The number of rotatable bonds is 4. The third-order valence-electron chi connectivity index (χ3n) is 4.43. The molecule has 0 saturated carbocycles. The van der Waals surface area contributed by atoms with Gasteiger partial charge in [-0.15, -0.1) is 10.2 Å². The average molecular weight is 377 g/mol. The molecule has 9 heteroatoms. The molecule has 0 radical (unpaired) electrons. The second-order valence-electron chi connectivity index (χ2n) is 6.12. The molecule has 2 N–H and O–H groups in total. The van der Waals surface area contributed by atoms with Crippen LogP contribution in [0.5, 0.6) is 0 Å². The number of aromatic nitrogens is 6. The Morgan fingerprint density at radius 2 is 1.96 bits per heavy atom. The number of hydrogen-bond acceptors (Lipinski definition) is 8. The molecule has 1 aliphatic carbocycles. The lowest BCUT2D eigenvalue weighted by molar-refractivity contribution is 0.574. The second kappa shape index (κ2) is 6.51. The predicted molar refractivity (Wildman–Crippen MR) is 99.3 cm³/mol. The zero-order chi connectivity index (χ0) is 18.2. The molecule has 0 unspecified atom stereocenters. The molecular formula is C18H15N7OS. The van der Waals surface area contributed by atoms with Crippen molar-refractivity contribution in [2.45, 2.75) is 29.4 Å². The Balaban J connectivity index is 1.55. The fraction of sp³-hybridized carbons (Fsp3) is 0.167. The van der Waals surface area contributed by atoms with Gasteiger partial charge in [-0.1, -0.05) is 0 Å². The lowest BCUT2D eigenvalue weighted by Gasteiger charge is -2.09. The van der Waals surface area contributed by atoms with Crippen molar-refractivity contribution in [3.8, 4) is 23.0 Å². The lowest BCUT2D eigenvalue weighted by Crippen LogP contribution is -2.11. The molecule has 1 aliphatic rings. The highest BCUT2D eigenvalue weighted by atomic mass is 32.2. The molecule has 134 valence electrons. The first-order chi connectivity index (χ1) is 13.3. The first kappa shape index (κ1) is 16.0. The molecule has 4 aromatic heterocycles. The van der Waals surface area contributed by atoms with Gasteiger partial charge in [0.15, 0.2) is 11.6 Å². The third kappa shape index (κ3) is 2.85. The van der Waals surface area contributed by atoms with Crippen LogP contribution in [0.3, 0.4) is 0 Å². The largest absolute Gasteiger partial charge is 0.461 e. The van der Waals surface area contributed by atoms with Crippen molar-refractivity contribution in [2.75, 3.05) is 5.84 Å². The van der Waals surface area contributed by atoms with Crippen molar-refractivity contribution in [3.05, 3.63) is 54.2 Å². The highest BCUT2D eigenvalue weighted by Crippen LogP contribution is 2.35. The quantitative estimate of drug-likeness (QED) is 0.427. The molecule has 0 aliphatic heterocycles. The number of fused-ring (bicyclic) bond motifs is 1. The Morgan fingerprint density at radius 1 is 1.07 bits per heavy atom. The summed E-state index contributed by atoms with van der Waals surface area (Å²) in [4.78, 5) is 13.6. The minimum atomic E-state index is 0.475. The molecule has 0 bridgehead atoms. The number of nitrogen functional groups attached to an aromatic ring is 1. The van der Waals surface area contributed by atoms with E-state index in [4.69, 9.17) is 20.2 Å². The Morgan fingerprint density at radius 3 is 2.78 bits per heavy atom. The predicted octanol–water partition coefficient (Wildman–Crippen LogP) is 2.74. The molecule has 4 aromatic rings. The van der Waals surface area contributed by atoms with Gasteiger partial charge in [0, 0.05) is 29.2 Å². The van der Waals surface area contributed by atoms with Crippen LogP contribution in [0.4, 0.5) is 0 Å². The van der Waals surface area contributed by atoms with Crippen molar-refractivity contribution in [1.82, 2.24) is 29.8 Å². The minimum absolute atomic E-state index is 0.475. The van der Waals surface area contributed by atoms with Gasteiger partial charge in [-0.25, -0.2) is 14.6 Å². The van der Waals surface area contributed by atoms with Gasteiger partial charge in [-0.05, 0) is 55.3 Å². The Bertz CT molecular complexity index is 1090. The summed E-state index contributed by atoms with van der Waals surface area (Å²) in [5.41, 5.74) is 3.20. The fourth-order valence-corrected chi connectivity index (χ4v) is 4.03. The van der Waals surface area contributed by atoms with E-state index < -0.39 is 0 Å². The van der Waals surface area contributed by atoms with Crippen LogP contribution < -0.4 is 5.84 Å². The van der Waals surface area contributed by atoms with E-state index in [1.807, 2.05) is 12.1 Å². The zero-order valence-electron chi connectivity index (χ0n) is 14.2. The monoisotopic (exact) mass is 377 g/mol. The van der Waals surface area contributed by atoms with Gasteiger partial charge in [-0.3, -0.25) is 4.98 Å². The highest BCUT2D eigenvalue weighted by Gasteiger charge is 2.23. The van der Waals surface area contributed by atoms with Crippen molar-refractivity contribution in [2.24, 2.45) is 0 Å². The van der Waals surface area contributed by atoms with Crippen molar-refractivity contribution >= 4 is 11.8 Å². The summed E-state index contributed by atoms with van der Waals surface area (Å²) in [5.74, 6) is 7.93. The maximum atomic E-state index is 6.20. The van der Waals surface area contributed by atoms with E-state index in [0.717, 1.165) is 35.5 Å². The second-order valence-corrected chi connectivity index (χ2v) is 7.08. The van der Waals surface area contributed by atoms with Crippen molar-refractivity contribution < 1.29 is 4.42 Å². The molecular weight excluding hydrogens is 362 g/mol. The topological polar surface area (TPSA) is 109 Å².